The maximum atomic E-state index is 11.5. The summed E-state index contributed by atoms with van der Waals surface area (Å²) in [7, 11) is 0. The van der Waals surface area contributed by atoms with E-state index in [2.05, 4.69) is 33.0 Å². The van der Waals surface area contributed by atoms with E-state index >= 15 is 0 Å². The van der Waals surface area contributed by atoms with Crippen LogP contribution >= 0.6 is 15.9 Å². The molecule has 1 heterocycles. The van der Waals surface area contributed by atoms with Crippen LogP contribution in [0.3, 0.4) is 0 Å². The molecule has 0 spiro atoms. The Morgan fingerprint density at radius 1 is 1.24 bits per heavy atom. The van der Waals surface area contributed by atoms with Crippen molar-refractivity contribution in [1.29, 1.82) is 0 Å². The summed E-state index contributed by atoms with van der Waals surface area (Å²) in [5, 5.41) is 0.818. The standard InChI is InChI=1S/C13H13BrN2O/c14-9-12(11-5-2-1-3-6-11)10-16-8-4-7-15-13(16)17/h1-8,12H,9-10H2. The topological polar surface area (TPSA) is 34.9 Å². The molecule has 0 fully saturated rings. The van der Waals surface area contributed by atoms with Crippen LogP contribution in [0.1, 0.15) is 11.5 Å². The largest absolute Gasteiger partial charge is 0.347 e. The Morgan fingerprint density at radius 3 is 2.65 bits per heavy atom. The number of alkyl halides is 1. The fourth-order valence-corrected chi connectivity index (χ4v) is 2.31. The molecule has 3 nitrogen and oxygen atoms in total. The minimum Gasteiger partial charge on any atom is -0.299 e. The Morgan fingerprint density at radius 2 is 2.00 bits per heavy atom. The lowest BCUT2D eigenvalue weighted by Crippen LogP contribution is -2.25. The van der Waals surface area contributed by atoms with Crippen molar-refractivity contribution < 1.29 is 0 Å². The SMILES string of the molecule is O=c1ncccn1CC(CBr)c1ccccc1. The van der Waals surface area contributed by atoms with Gasteiger partial charge in [-0.3, -0.25) is 4.57 Å². The van der Waals surface area contributed by atoms with Crippen LogP contribution in [-0.2, 0) is 6.54 Å². The lowest BCUT2D eigenvalue weighted by Gasteiger charge is -2.15. The molecular formula is C13H13BrN2O. The monoisotopic (exact) mass is 292 g/mol. The molecule has 0 aliphatic rings. The summed E-state index contributed by atoms with van der Waals surface area (Å²) < 4.78 is 1.64. The van der Waals surface area contributed by atoms with Crippen LogP contribution in [-0.4, -0.2) is 14.9 Å². The number of hydrogen-bond acceptors (Lipinski definition) is 2. The molecule has 1 aromatic carbocycles. The predicted octanol–water partition coefficient (Wildman–Crippen LogP) is 2.42. The van der Waals surface area contributed by atoms with E-state index in [0.29, 0.717) is 6.54 Å². The highest BCUT2D eigenvalue weighted by atomic mass is 79.9. The molecule has 17 heavy (non-hydrogen) atoms. The van der Waals surface area contributed by atoms with Crippen molar-refractivity contribution in [3.8, 4) is 0 Å². The van der Waals surface area contributed by atoms with Crippen molar-refractivity contribution in [2.24, 2.45) is 0 Å². The highest BCUT2D eigenvalue weighted by molar-refractivity contribution is 9.09. The molecule has 1 unspecified atom stereocenters. The molecule has 0 aliphatic carbocycles. The summed E-state index contributed by atoms with van der Waals surface area (Å²) in [6.07, 6.45) is 3.29. The lowest BCUT2D eigenvalue weighted by atomic mass is 10.0. The Labute approximate surface area is 108 Å². The second kappa shape index (κ2) is 5.77. The first-order chi connectivity index (χ1) is 8.31. The van der Waals surface area contributed by atoms with Gasteiger partial charge in [-0.15, -0.1) is 0 Å². The van der Waals surface area contributed by atoms with Crippen LogP contribution < -0.4 is 5.69 Å². The summed E-state index contributed by atoms with van der Waals surface area (Å²) in [6, 6.07) is 11.9. The molecule has 0 N–H and O–H groups in total. The minimum atomic E-state index is -0.200. The van der Waals surface area contributed by atoms with Crippen LogP contribution in [0.4, 0.5) is 0 Å². The van der Waals surface area contributed by atoms with Gasteiger partial charge in [0.25, 0.3) is 0 Å². The highest BCUT2D eigenvalue weighted by Crippen LogP contribution is 2.19. The van der Waals surface area contributed by atoms with E-state index in [1.54, 1.807) is 16.8 Å². The van der Waals surface area contributed by atoms with Crippen molar-refractivity contribution in [3.63, 3.8) is 0 Å². The highest BCUT2D eigenvalue weighted by Gasteiger charge is 2.11. The minimum absolute atomic E-state index is 0.200. The van der Waals surface area contributed by atoms with Gasteiger partial charge in [0.1, 0.15) is 0 Å². The van der Waals surface area contributed by atoms with Gasteiger partial charge < -0.3 is 0 Å². The van der Waals surface area contributed by atoms with Gasteiger partial charge in [0.15, 0.2) is 0 Å². The van der Waals surface area contributed by atoms with E-state index in [1.807, 2.05) is 18.2 Å². The maximum absolute atomic E-state index is 11.5. The predicted molar refractivity (Wildman–Crippen MR) is 71.5 cm³/mol. The van der Waals surface area contributed by atoms with Gasteiger partial charge in [-0.05, 0) is 11.6 Å². The molecule has 1 aromatic heterocycles. The smallest absolute Gasteiger partial charge is 0.299 e. The zero-order chi connectivity index (χ0) is 12.1. The Hall–Kier alpha value is -1.42. The number of halogens is 1. The first-order valence-corrected chi connectivity index (χ1v) is 6.56. The number of rotatable bonds is 4. The molecule has 0 saturated heterocycles. The van der Waals surface area contributed by atoms with E-state index in [4.69, 9.17) is 0 Å². The van der Waals surface area contributed by atoms with Crippen LogP contribution in [0.5, 0.6) is 0 Å². The molecule has 4 heteroatoms. The van der Waals surface area contributed by atoms with E-state index in [0.717, 1.165) is 5.33 Å². The van der Waals surface area contributed by atoms with E-state index < -0.39 is 0 Å². The molecular weight excluding hydrogens is 280 g/mol. The van der Waals surface area contributed by atoms with Crippen molar-refractivity contribution >= 4 is 15.9 Å². The molecule has 2 rings (SSSR count). The van der Waals surface area contributed by atoms with Gasteiger partial charge >= 0.3 is 5.69 Å². The fourth-order valence-electron chi connectivity index (χ4n) is 1.73. The quantitative estimate of drug-likeness (QED) is 0.811. The van der Waals surface area contributed by atoms with Crippen molar-refractivity contribution in [3.05, 3.63) is 64.8 Å². The van der Waals surface area contributed by atoms with Crippen LogP contribution in [0.2, 0.25) is 0 Å². The van der Waals surface area contributed by atoms with Gasteiger partial charge in [0, 0.05) is 30.2 Å². The van der Waals surface area contributed by atoms with E-state index in [9.17, 15) is 4.79 Å². The van der Waals surface area contributed by atoms with Crippen molar-refractivity contribution in [2.75, 3.05) is 5.33 Å². The fraction of sp³-hybridized carbons (Fsp3) is 0.231. The maximum Gasteiger partial charge on any atom is 0.347 e. The molecule has 0 bridgehead atoms. The average Bonchev–Trinajstić information content (AvgIpc) is 2.39. The second-order valence-electron chi connectivity index (χ2n) is 3.82. The van der Waals surface area contributed by atoms with Gasteiger partial charge in [-0.1, -0.05) is 46.3 Å². The average molecular weight is 293 g/mol. The van der Waals surface area contributed by atoms with Crippen LogP contribution in [0.15, 0.2) is 53.6 Å². The van der Waals surface area contributed by atoms with Crippen LogP contribution in [0, 0.1) is 0 Å². The zero-order valence-electron chi connectivity index (χ0n) is 9.29. The Bertz CT molecular complexity index is 524. The third-order valence-corrected chi connectivity index (χ3v) is 3.44. The Balaban J connectivity index is 2.22. The van der Waals surface area contributed by atoms with Gasteiger partial charge in [0.05, 0.1) is 0 Å². The molecule has 1 atom stereocenters. The van der Waals surface area contributed by atoms with Gasteiger partial charge in [-0.25, -0.2) is 9.78 Å². The summed E-state index contributed by atoms with van der Waals surface area (Å²) in [5.41, 5.74) is 1.02. The van der Waals surface area contributed by atoms with Crippen molar-refractivity contribution in [2.45, 2.75) is 12.5 Å². The number of nitrogens with zero attached hydrogens (tertiary/aromatic N) is 2. The second-order valence-corrected chi connectivity index (χ2v) is 4.46. The lowest BCUT2D eigenvalue weighted by molar-refractivity contribution is 0.576. The normalized spacial score (nSPS) is 12.3. The first kappa shape index (κ1) is 12.0. The van der Waals surface area contributed by atoms with Gasteiger partial charge in [0.2, 0.25) is 0 Å². The zero-order valence-corrected chi connectivity index (χ0v) is 10.9. The summed E-state index contributed by atoms with van der Waals surface area (Å²) in [4.78, 5) is 15.3. The van der Waals surface area contributed by atoms with E-state index in [-0.39, 0.29) is 11.6 Å². The molecule has 0 amide bonds. The molecule has 2 aromatic rings. The van der Waals surface area contributed by atoms with Crippen LogP contribution in [0.25, 0.3) is 0 Å². The number of hydrogen-bond donors (Lipinski definition) is 0. The summed E-state index contributed by atoms with van der Waals surface area (Å²) >= 11 is 3.50. The van der Waals surface area contributed by atoms with Crippen molar-refractivity contribution in [1.82, 2.24) is 9.55 Å². The molecule has 0 aliphatic heterocycles. The first-order valence-electron chi connectivity index (χ1n) is 5.43. The number of aromatic nitrogens is 2. The third kappa shape index (κ3) is 3.03. The summed E-state index contributed by atoms with van der Waals surface area (Å²) in [5.74, 6) is 0.276. The molecule has 88 valence electrons. The Kier molecular flexibility index (Phi) is 4.09. The van der Waals surface area contributed by atoms with Gasteiger partial charge in [-0.2, -0.15) is 0 Å². The number of benzene rings is 1. The third-order valence-electron chi connectivity index (χ3n) is 2.66. The molecule has 0 radical (unpaired) electrons. The molecule has 0 saturated carbocycles. The van der Waals surface area contributed by atoms with E-state index in [1.165, 1.54) is 11.8 Å². The summed E-state index contributed by atoms with van der Waals surface area (Å²) in [6.45, 7) is 0.641.